The van der Waals surface area contributed by atoms with E-state index in [2.05, 4.69) is 11.2 Å². The molecule has 0 bridgehead atoms. The second kappa shape index (κ2) is 7.26. The summed E-state index contributed by atoms with van der Waals surface area (Å²) >= 11 is 0. The van der Waals surface area contributed by atoms with Crippen LogP contribution in [0, 0.1) is 12.3 Å². The van der Waals surface area contributed by atoms with Crippen molar-refractivity contribution in [3.05, 3.63) is 0 Å². The third kappa shape index (κ3) is 4.21. The van der Waals surface area contributed by atoms with E-state index in [1.54, 1.807) is 4.90 Å². The second-order valence-electron chi connectivity index (χ2n) is 3.87. The first-order valence-corrected chi connectivity index (χ1v) is 5.81. The van der Waals surface area contributed by atoms with E-state index in [-0.39, 0.29) is 18.6 Å². The lowest BCUT2D eigenvalue weighted by molar-refractivity contribution is -0.137. The van der Waals surface area contributed by atoms with E-state index in [1.807, 2.05) is 6.92 Å². The summed E-state index contributed by atoms with van der Waals surface area (Å²) in [6.45, 7) is 5.02. The number of likely N-dealkylation sites (N-methyl/N-ethyl adjacent to an activating group) is 1. The summed E-state index contributed by atoms with van der Waals surface area (Å²) in [7, 11) is 0. The number of hydrogen-bond donors (Lipinski definition) is 1. The Morgan fingerprint density at radius 2 is 2.25 bits per heavy atom. The number of carbonyl (C=O) groups is 1. The number of terminal acetylenes is 1. The summed E-state index contributed by atoms with van der Waals surface area (Å²) in [5, 5.41) is 3.25. The van der Waals surface area contributed by atoms with Crippen molar-refractivity contribution < 1.29 is 9.53 Å². The van der Waals surface area contributed by atoms with Gasteiger partial charge in [0.05, 0.1) is 12.6 Å². The fourth-order valence-electron chi connectivity index (χ4n) is 1.73. The van der Waals surface area contributed by atoms with Crippen LogP contribution in [0.15, 0.2) is 0 Å². The van der Waals surface area contributed by atoms with Crippen molar-refractivity contribution in [2.24, 2.45) is 0 Å². The predicted molar refractivity (Wildman–Crippen MR) is 62.9 cm³/mol. The van der Waals surface area contributed by atoms with E-state index in [4.69, 9.17) is 11.2 Å². The van der Waals surface area contributed by atoms with Gasteiger partial charge in [-0.05, 0) is 32.9 Å². The highest BCUT2D eigenvalue weighted by atomic mass is 16.5. The Kier molecular flexibility index (Phi) is 5.91. The fraction of sp³-hybridized carbons (Fsp3) is 0.750. The van der Waals surface area contributed by atoms with E-state index in [1.165, 1.54) is 0 Å². The van der Waals surface area contributed by atoms with Crippen molar-refractivity contribution in [1.82, 2.24) is 10.2 Å². The molecule has 0 atom stereocenters. The molecule has 90 valence electrons. The van der Waals surface area contributed by atoms with Crippen LogP contribution >= 0.6 is 0 Å². The lowest BCUT2D eigenvalue weighted by atomic mass is 10.1. The standard InChI is InChI=1S/C12H20N2O2/c1-3-9-14(4-2)12(15)10-16-11-5-7-13-8-6-11/h1,11,13H,4-10H2,2H3. The summed E-state index contributed by atoms with van der Waals surface area (Å²) in [5.41, 5.74) is 0. The lowest BCUT2D eigenvalue weighted by Gasteiger charge is -2.24. The fourth-order valence-corrected chi connectivity index (χ4v) is 1.73. The van der Waals surface area contributed by atoms with Crippen LogP contribution in [0.5, 0.6) is 0 Å². The molecule has 1 rings (SSSR count). The van der Waals surface area contributed by atoms with Crippen LogP contribution in [-0.2, 0) is 9.53 Å². The average molecular weight is 224 g/mol. The molecule has 0 unspecified atom stereocenters. The first kappa shape index (κ1) is 13.0. The SMILES string of the molecule is C#CCN(CC)C(=O)COC1CCNCC1. The molecule has 1 fully saturated rings. The molecule has 0 aromatic rings. The van der Waals surface area contributed by atoms with Crippen molar-refractivity contribution in [2.75, 3.05) is 32.8 Å². The van der Waals surface area contributed by atoms with Crippen LogP contribution in [-0.4, -0.2) is 49.7 Å². The first-order valence-electron chi connectivity index (χ1n) is 5.81. The van der Waals surface area contributed by atoms with Gasteiger partial charge in [-0.1, -0.05) is 5.92 Å². The van der Waals surface area contributed by atoms with Crippen LogP contribution < -0.4 is 5.32 Å². The number of amides is 1. The van der Waals surface area contributed by atoms with Crippen LogP contribution in [0.1, 0.15) is 19.8 Å². The zero-order valence-electron chi connectivity index (χ0n) is 9.87. The van der Waals surface area contributed by atoms with Gasteiger partial charge < -0.3 is 15.0 Å². The van der Waals surface area contributed by atoms with Crippen LogP contribution in [0.25, 0.3) is 0 Å². The Morgan fingerprint density at radius 3 is 2.81 bits per heavy atom. The summed E-state index contributed by atoms with van der Waals surface area (Å²) < 4.78 is 5.57. The van der Waals surface area contributed by atoms with E-state index < -0.39 is 0 Å². The molecular weight excluding hydrogens is 204 g/mol. The van der Waals surface area contributed by atoms with Crippen molar-refractivity contribution >= 4 is 5.91 Å². The van der Waals surface area contributed by atoms with Crippen molar-refractivity contribution in [3.8, 4) is 12.3 Å². The number of hydrogen-bond acceptors (Lipinski definition) is 3. The Labute approximate surface area is 97.3 Å². The van der Waals surface area contributed by atoms with Crippen LogP contribution in [0.2, 0.25) is 0 Å². The molecule has 1 aliphatic rings. The molecule has 0 spiro atoms. The summed E-state index contributed by atoms with van der Waals surface area (Å²) in [4.78, 5) is 13.3. The molecule has 0 saturated carbocycles. The normalized spacial score (nSPS) is 16.8. The number of piperidine rings is 1. The van der Waals surface area contributed by atoms with Gasteiger partial charge in [0.15, 0.2) is 0 Å². The average Bonchev–Trinajstić information content (AvgIpc) is 2.34. The molecule has 4 heteroatoms. The first-order chi connectivity index (χ1) is 7.77. The number of nitrogens with one attached hydrogen (secondary N) is 1. The molecule has 0 aromatic carbocycles. The molecule has 0 aromatic heterocycles. The van der Waals surface area contributed by atoms with Gasteiger partial charge in [-0.2, -0.15) is 0 Å². The van der Waals surface area contributed by atoms with Gasteiger partial charge in [-0.15, -0.1) is 6.42 Å². The van der Waals surface area contributed by atoms with Gasteiger partial charge in [0, 0.05) is 6.54 Å². The minimum atomic E-state index is -0.0148. The molecule has 1 amide bonds. The van der Waals surface area contributed by atoms with Crippen LogP contribution in [0.4, 0.5) is 0 Å². The number of carbonyl (C=O) groups excluding carboxylic acids is 1. The van der Waals surface area contributed by atoms with Crippen LogP contribution in [0.3, 0.4) is 0 Å². The van der Waals surface area contributed by atoms with E-state index in [0.29, 0.717) is 13.1 Å². The molecule has 1 N–H and O–H groups in total. The summed E-state index contributed by atoms with van der Waals surface area (Å²) in [6, 6.07) is 0. The molecule has 0 aliphatic carbocycles. The molecule has 1 heterocycles. The highest BCUT2D eigenvalue weighted by Crippen LogP contribution is 2.07. The highest BCUT2D eigenvalue weighted by Gasteiger charge is 2.16. The highest BCUT2D eigenvalue weighted by molar-refractivity contribution is 5.77. The molecule has 16 heavy (non-hydrogen) atoms. The van der Waals surface area contributed by atoms with Crippen molar-refractivity contribution in [3.63, 3.8) is 0 Å². The van der Waals surface area contributed by atoms with E-state index in [0.717, 1.165) is 25.9 Å². The lowest BCUT2D eigenvalue weighted by Crippen LogP contribution is -2.38. The van der Waals surface area contributed by atoms with Crippen molar-refractivity contribution in [2.45, 2.75) is 25.9 Å². The largest absolute Gasteiger partial charge is 0.368 e. The Balaban J connectivity index is 2.24. The predicted octanol–water partition coefficient (Wildman–Crippen LogP) is 0.237. The molecule has 4 nitrogen and oxygen atoms in total. The number of nitrogens with zero attached hydrogens (tertiary/aromatic N) is 1. The molecule has 1 aliphatic heterocycles. The molecule has 0 radical (unpaired) electrons. The van der Waals surface area contributed by atoms with Gasteiger partial charge in [0.2, 0.25) is 5.91 Å². The Bertz CT molecular complexity index is 254. The Morgan fingerprint density at radius 1 is 1.56 bits per heavy atom. The maximum absolute atomic E-state index is 11.7. The van der Waals surface area contributed by atoms with Gasteiger partial charge in [-0.25, -0.2) is 0 Å². The minimum absolute atomic E-state index is 0.0148. The summed E-state index contributed by atoms with van der Waals surface area (Å²) in [6.07, 6.45) is 7.37. The zero-order valence-corrected chi connectivity index (χ0v) is 9.87. The molecule has 1 saturated heterocycles. The topological polar surface area (TPSA) is 41.6 Å². The molecular formula is C12H20N2O2. The van der Waals surface area contributed by atoms with Gasteiger partial charge in [0.1, 0.15) is 6.61 Å². The number of ether oxygens (including phenoxy) is 1. The van der Waals surface area contributed by atoms with Crippen molar-refractivity contribution in [1.29, 1.82) is 0 Å². The second-order valence-corrected chi connectivity index (χ2v) is 3.87. The van der Waals surface area contributed by atoms with Gasteiger partial charge in [0.25, 0.3) is 0 Å². The van der Waals surface area contributed by atoms with Gasteiger partial charge in [-0.3, -0.25) is 4.79 Å². The number of rotatable bonds is 5. The minimum Gasteiger partial charge on any atom is -0.368 e. The smallest absolute Gasteiger partial charge is 0.249 e. The van der Waals surface area contributed by atoms with Gasteiger partial charge >= 0.3 is 0 Å². The van der Waals surface area contributed by atoms with E-state index in [9.17, 15) is 4.79 Å². The summed E-state index contributed by atoms with van der Waals surface area (Å²) in [5.74, 6) is 2.46. The maximum Gasteiger partial charge on any atom is 0.249 e. The third-order valence-corrected chi connectivity index (χ3v) is 2.75. The quantitative estimate of drug-likeness (QED) is 0.680. The van der Waals surface area contributed by atoms with E-state index >= 15 is 0 Å². The maximum atomic E-state index is 11.7. The monoisotopic (exact) mass is 224 g/mol. The zero-order chi connectivity index (χ0) is 11.8. The third-order valence-electron chi connectivity index (χ3n) is 2.75. The Hall–Kier alpha value is -1.05.